The van der Waals surface area contributed by atoms with Crippen LogP contribution in [0.1, 0.15) is 51.0 Å². The lowest BCUT2D eigenvalue weighted by atomic mass is 9.94. The Bertz CT molecular complexity index is 966. The third-order valence-corrected chi connectivity index (χ3v) is 7.35. The normalized spacial score (nSPS) is 22.6. The second kappa shape index (κ2) is 10.1. The zero-order valence-corrected chi connectivity index (χ0v) is 19.6. The molecule has 4 rings (SSSR count). The van der Waals surface area contributed by atoms with Crippen LogP contribution in [0.3, 0.4) is 0 Å². The number of piperidine rings is 1. The van der Waals surface area contributed by atoms with E-state index in [1.165, 1.54) is 12.5 Å². The first-order chi connectivity index (χ1) is 15.4. The van der Waals surface area contributed by atoms with Gasteiger partial charge < -0.3 is 14.4 Å². The summed E-state index contributed by atoms with van der Waals surface area (Å²) in [5, 5.41) is 0. The van der Waals surface area contributed by atoms with E-state index in [2.05, 4.69) is 26.8 Å². The molecule has 3 heterocycles. The molecule has 2 aromatic heterocycles. The van der Waals surface area contributed by atoms with Gasteiger partial charge in [-0.2, -0.15) is 0 Å². The van der Waals surface area contributed by atoms with Gasteiger partial charge in [0, 0.05) is 44.0 Å². The van der Waals surface area contributed by atoms with Crippen molar-refractivity contribution in [1.82, 2.24) is 15.0 Å². The van der Waals surface area contributed by atoms with Crippen LogP contribution < -0.4 is 9.64 Å². The topological polar surface area (TPSA) is 94.5 Å². The van der Waals surface area contributed by atoms with Crippen molar-refractivity contribution in [3.63, 3.8) is 0 Å². The van der Waals surface area contributed by atoms with E-state index >= 15 is 0 Å². The summed E-state index contributed by atoms with van der Waals surface area (Å²) in [6.07, 6.45) is 13.7. The Hall–Kier alpha value is -2.26. The highest BCUT2D eigenvalue weighted by atomic mass is 32.2. The average Bonchev–Trinajstić information content (AvgIpc) is 2.81. The maximum atomic E-state index is 11.5. The third kappa shape index (κ3) is 5.95. The predicted molar refractivity (Wildman–Crippen MR) is 122 cm³/mol. The minimum atomic E-state index is -3.24. The standard InChI is InChI=1S/C23H32N4O4S/c1-3-17-14-25-23(26-15-17)27-12-10-20(11-13-27)30-18-4-6-19(7-5-18)31-22-9-8-21(16-24-22)32(2,28)29/h8-9,14-16,18-20H,3-7,10-13H2,1-2H3/t18-,19-. The van der Waals surface area contributed by atoms with Gasteiger partial charge in [-0.1, -0.05) is 6.92 Å². The molecule has 9 heteroatoms. The number of sulfone groups is 1. The molecule has 0 N–H and O–H groups in total. The molecule has 1 aliphatic heterocycles. The van der Waals surface area contributed by atoms with Crippen LogP contribution in [0.2, 0.25) is 0 Å². The van der Waals surface area contributed by atoms with E-state index in [0.29, 0.717) is 5.88 Å². The van der Waals surface area contributed by atoms with Crippen molar-refractivity contribution >= 4 is 15.8 Å². The molecule has 1 saturated carbocycles. The largest absolute Gasteiger partial charge is 0.474 e. The summed E-state index contributed by atoms with van der Waals surface area (Å²) in [6, 6.07) is 3.17. The van der Waals surface area contributed by atoms with Crippen LogP contribution in [0.5, 0.6) is 5.88 Å². The molecular weight excluding hydrogens is 428 g/mol. The van der Waals surface area contributed by atoms with Gasteiger partial charge in [0.1, 0.15) is 6.10 Å². The molecule has 174 valence electrons. The Labute approximate surface area is 190 Å². The first kappa shape index (κ1) is 22.9. The van der Waals surface area contributed by atoms with Crippen molar-refractivity contribution in [3.05, 3.63) is 36.3 Å². The van der Waals surface area contributed by atoms with E-state index in [4.69, 9.17) is 9.47 Å². The Morgan fingerprint density at radius 1 is 0.906 bits per heavy atom. The van der Waals surface area contributed by atoms with Crippen molar-refractivity contribution in [3.8, 4) is 5.88 Å². The van der Waals surface area contributed by atoms with Crippen molar-refractivity contribution in [2.75, 3.05) is 24.2 Å². The molecule has 0 aromatic carbocycles. The molecule has 32 heavy (non-hydrogen) atoms. The van der Waals surface area contributed by atoms with Crippen LogP contribution in [0.25, 0.3) is 0 Å². The summed E-state index contributed by atoms with van der Waals surface area (Å²) in [5.74, 6) is 1.29. The number of hydrogen-bond acceptors (Lipinski definition) is 8. The van der Waals surface area contributed by atoms with Crippen LogP contribution in [0.15, 0.2) is 35.6 Å². The van der Waals surface area contributed by atoms with Crippen LogP contribution in [0, 0.1) is 0 Å². The summed E-state index contributed by atoms with van der Waals surface area (Å²) in [4.78, 5) is 15.6. The summed E-state index contributed by atoms with van der Waals surface area (Å²) < 4.78 is 35.4. The molecule has 1 saturated heterocycles. The number of rotatable bonds is 7. The van der Waals surface area contributed by atoms with E-state index in [1.54, 1.807) is 12.1 Å². The van der Waals surface area contributed by atoms with Gasteiger partial charge in [-0.05, 0) is 56.6 Å². The fourth-order valence-corrected chi connectivity index (χ4v) is 4.83. The molecule has 2 fully saturated rings. The number of anilines is 1. The van der Waals surface area contributed by atoms with E-state index < -0.39 is 9.84 Å². The van der Waals surface area contributed by atoms with Crippen molar-refractivity contribution in [1.29, 1.82) is 0 Å². The highest BCUT2D eigenvalue weighted by molar-refractivity contribution is 7.90. The van der Waals surface area contributed by atoms with E-state index in [9.17, 15) is 8.42 Å². The minimum absolute atomic E-state index is 0.0940. The molecule has 0 amide bonds. The van der Waals surface area contributed by atoms with E-state index in [0.717, 1.165) is 69.5 Å². The molecule has 8 nitrogen and oxygen atoms in total. The van der Waals surface area contributed by atoms with E-state index in [-0.39, 0.29) is 23.2 Å². The van der Waals surface area contributed by atoms with Crippen LogP contribution in [-0.2, 0) is 21.0 Å². The highest BCUT2D eigenvalue weighted by Crippen LogP contribution is 2.28. The molecule has 0 atom stereocenters. The Balaban J connectivity index is 1.18. The molecular formula is C23H32N4O4S. The second-order valence-electron chi connectivity index (χ2n) is 8.69. The lowest BCUT2D eigenvalue weighted by Crippen LogP contribution is -2.40. The lowest BCUT2D eigenvalue weighted by Gasteiger charge is -2.36. The monoisotopic (exact) mass is 460 g/mol. The first-order valence-electron chi connectivity index (χ1n) is 11.4. The van der Waals surface area contributed by atoms with Gasteiger partial charge in [0.25, 0.3) is 0 Å². The fourth-order valence-electron chi connectivity index (χ4n) is 4.27. The number of pyridine rings is 1. The number of nitrogens with zero attached hydrogens (tertiary/aromatic N) is 4. The van der Waals surface area contributed by atoms with Crippen LogP contribution in [0.4, 0.5) is 5.95 Å². The maximum Gasteiger partial charge on any atom is 0.225 e. The molecule has 2 aliphatic rings. The molecule has 0 radical (unpaired) electrons. The second-order valence-corrected chi connectivity index (χ2v) is 10.7. The summed E-state index contributed by atoms with van der Waals surface area (Å²) in [5.41, 5.74) is 1.16. The van der Waals surface area contributed by atoms with Gasteiger partial charge in [-0.3, -0.25) is 0 Å². The Kier molecular flexibility index (Phi) is 7.25. The van der Waals surface area contributed by atoms with Gasteiger partial charge in [-0.15, -0.1) is 0 Å². The van der Waals surface area contributed by atoms with Crippen molar-refractivity contribution in [2.45, 2.75) is 75.1 Å². The zero-order chi connectivity index (χ0) is 22.6. The first-order valence-corrected chi connectivity index (χ1v) is 13.3. The number of aryl methyl sites for hydroxylation is 1. The highest BCUT2D eigenvalue weighted by Gasteiger charge is 2.28. The predicted octanol–water partition coefficient (Wildman–Crippen LogP) is 3.21. The molecule has 0 bridgehead atoms. The van der Waals surface area contributed by atoms with Gasteiger partial charge >= 0.3 is 0 Å². The summed E-state index contributed by atoms with van der Waals surface area (Å²) in [7, 11) is -3.24. The molecule has 2 aromatic rings. The van der Waals surface area contributed by atoms with Crippen LogP contribution >= 0.6 is 0 Å². The van der Waals surface area contributed by atoms with E-state index in [1.807, 2.05) is 12.4 Å². The van der Waals surface area contributed by atoms with Gasteiger partial charge in [0.2, 0.25) is 11.8 Å². The average molecular weight is 461 g/mol. The van der Waals surface area contributed by atoms with Gasteiger partial charge in [0.05, 0.1) is 17.1 Å². The molecule has 0 spiro atoms. The zero-order valence-electron chi connectivity index (χ0n) is 18.8. The minimum Gasteiger partial charge on any atom is -0.474 e. The van der Waals surface area contributed by atoms with Crippen LogP contribution in [-0.4, -0.2) is 61.0 Å². The third-order valence-electron chi connectivity index (χ3n) is 6.26. The van der Waals surface area contributed by atoms with Gasteiger partial charge in [0.15, 0.2) is 9.84 Å². The number of hydrogen-bond donors (Lipinski definition) is 0. The van der Waals surface area contributed by atoms with Crippen molar-refractivity contribution < 1.29 is 17.9 Å². The summed E-state index contributed by atoms with van der Waals surface area (Å²) in [6.45, 7) is 3.95. The fraction of sp³-hybridized carbons (Fsp3) is 0.609. The Morgan fingerprint density at radius 2 is 1.53 bits per heavy atom. The van der Waals surface area contributed by atoms with Gasteiger partial charge in [-0.25, -0.2) is 23.4 Å². The number of ether oxygens (including phenoxy) is 2. The maximum absolute atomic E-state index is 11.5. The number of aromatic nitrogens is 3. The SMILES string of the molecule is CCc1cnc(N2CCC(O[C@H]3CC[C@H](Oc4ccc(S(C)(=O)=O)cn4)CC3)CC2)nc1. The molecule has 1 aliphatic carbocycles. The van der Waals surface area contributed by atoms with Crippen molar-refractivity contribution in [2.24, 2.45) is 0 Å². The molecule has 0 unspecified atom stereocenters. The summed E-state index contributed by atoms with van der Waals surface area (Å²) >= 11 is 0. The smallest absolute Gasteiger partial charge is 0.225 e. The quantitative estimate of drug-likeness (QED) is 0.622. The lowest BCUT2D eigenvalue weighted by molar-refractivity contribution is -0.0531. The Morgan fingerprint density at radius 3 is 2.09 bits per heavy atom.